The van der Waals surface area contributed by atoms with Crippen LogP contribution in [0.1, 0.15) is 41.5 Å². The van der Waals surface area contributed by atoms with Crippen LogP contribution in [0.25, 0.3) is 0 Å². The summed E-state index contributed by atoms with van der Waals surface area (Å²) in [7, 11) is -3.36. The average molecular weight is 205 g/mol. The molecular formula is C9H19NO2S. The van der Waals surface area contributed by atoms with E-state index < -0.39 is 14.8 Å². The normalized spacial score (nSPS) is 15.2. The molecule has 13 heavy (non-hydrogen) atoms. The van der Waals surface area contributed by atoms with Crippen molar-refractivity contribution in [3.05, 3.63) is 0 Å². The third-order valence-electron chi connectivity index (χ3n) is 1.35. The lowest BCUT2D eigenvalue weighted by Gasteiger charge is -2.16. The zero-order valence-corrected chi connectivity index (χ0v) is 10.1. The van der Waals surface area contributed by atoms with Gasteiger partial charge in [-0.2, -0.15) is 4.40 Å². The lowest BCUT2D eigenvalue weighted by atomic mass is 10.00. The van der Waals surface area contributed by atoms with Gasteiger partial charge in [0.2, 0.25) is 0 Å². The number of rotatable bonds is 1. The molecule has 3 nitrogen and oxygen atoms in total. The van der Waals surface area contributed by atoms with Gasteiger partial charge in [0.25, 0.3) is 10.0 Å². The van der Waals surface area contributed by atoms with Gasteiger partial charge in [-0.05, 0) is 26.2 Å². The van der Waals surface area contributed by atoms with E-state index in [0.717, 1.165) is 0 Å². The van der Waals surface area contributed by atoms with E-state index >= 15 is 0 Å². The molecule has 0 saturated carbocycles. The third kappa shape index (κ3) is 4.41. The monoisotopic (exact) mass is 205 g/mol. The molecule has 0 aliphatic rings. The summed E-state index contributed by atoms with van der Waals surface area (Å²) in [6.45, 7) is 10.7. The second-order valence-electron chi connectivity index (χ2n) is 5.19. The molecule has 0 atom stereocenters. The van der Waals surface area contributed by atoms with Crippen molar-refractivity contribution in [2.45, 2.75) is 46.3 Å². The molecule has 0 aromatic rings. The summed E-state index contributed by atoms with van der Waals surface area (Å²) in [6.07, 6.45) is 1.48. The van der Waals surface area contributed by atoms with Crippen LogP contribution in [0.4, 0.5) is 0 Å². The molecule has 0 aliphatic heterocycles. The minimum Gasteiger partial charge on any atom is -0.204 e. The molecule has 0 N–H and O–H groups in total. The van der Waals surface area contributed by atoms with Crippen LogP contribution in [0.2, 0.25) is 0 Å². The molecule has 0 amide bonds. The molecule has 0 fully saturated rings. The van der Waals surface area contributed by atoms with E-state index in [-0.39, 0.29) is 5.41 Å². The zero-order valence-electron chi connectivity index (χ0n) is 9.25. The molecule has 0 spiro atoms. The Bertz CT molecular complexity index is 289. The van der Waals surface area contributed by atoms with E-state index in [1.54, 1.807) is 20.8 Å². The fourth-order valence-corrected chi connectivity index (χ4v) is 1.16. The molecular weight excluding hydrogens is 186 g/mol. The Morgan fingerprint density at radius 3 is 1.62 bits per heavy atom. The molecule has 78 valence electrons. The summed E-state index contributed by atoms with van der Waals surface area (Å²) in [6, 6.07) is 0. The van der Waals surface area contributed by atoms with Gasteiger partial charge in [-0.1, -0.05) is 20.8 Å². The van der Waals surface area contributed by atoms with Crippen LogP contribution < -0.4 is 0 Å². The van der Waals surface area contributed by atoms with E-state index in [0.29, 0.717) is 0 Å². The van der Waals surface area contributed by atoms with Gasteiger partial charge in [0.15, 0.2) is 0 Å². The van der Waals surface area contributed by atoms with Crippen molar-refractivity contribution in [1.82, 2.24) is 0 Å². The molecule has 0 rings (SSSR count). The van der Waals surface area contributed by atoms with Gasteiger partial charge >= 0.3 is 0 Å². The minimum absolute atomic E-state index is 0.196. The predicted octanol–water partition coefficient (Wildman–Crippen LogP) is 2.23. The largest absolute Gasteiger partial charge is 0.257 e. The van der Waals surface area contributed by atoms with Crippen LogP contribution >= 0.6 is 0 Å². The second-order valence-corrected chi connectivity index (χ2v) is 7.57. The lowest BCUT2D eigenvalue weighted by Crippen LogP contribution is -2.26. The maximum Gasteiger partial charge on any atom is 0.257 e. The average Bonchev–Trinajstić information content (AvgIpc) is 1.79. The van der Waals surface area contributed by atoms with E-state index in [9.17, 15) is 8.42 Å². The SMILES string of the molecule is CC(C)(C)/C=N/S(=O)(=O)C(C)(C)C. The van der Waals surface area contributed by atoms with Crippen LogP contribution in [0, 0.1) is 5.41 Å². The Morgan fingerprint density at radius 2 is 1.38 bits per heavy atom. The van der Waals surface area contributed by atoms with Gasteiger partial charge in [0, 0.05) is 6.21 Å². The standard InChI is InChI=1S/C9H19NO2S/c1-8(2,3)7-10-13(11,12)9(4,5)6/h7H,1-6H3/b10-7+. The highest BCUT2D eigenvalue weighted by molar-refractivity contribution is 7.91. The summed E-state index contributed by atoms with van der Waals surface area (Å²) in [5.74, 6) is 0. The first-order valence-corrected chi connectivity index (χ1v) is 5.71. The van der Waals surface area contributed by atoms with Crippen LogP contribution in [-0.4, -0.2) is 19.4 Å². The summed E-state index contributed by atoms with van der Waals surface area (Å²) in [5.41, 5.74) is -0.196. The van der Waals surface area contributed by atoms with E-state index in [4.69, 9.17) is 0 Å². The molecule has 4 heteroatoms. The fourth-order valence-electron chi connectivity index (χ4n) is 0.386. The van der Waals surface area contributed by atoms with Crippen molar-refractivity contribution in [3.63, 3.8) is 0 Å². The van der Waals surface area contributed by atoms with Gasteiger partial charge in [-0.15, -0.1) is 0 Å². The van der Waals surface area contributed by atoms with E-state index in [1.165, 1.54) is 6.21 Å². The molecule has 0 heterocycles. The first-order chi connectivity index (χ1) is 5.46. The number of hydrogen-bond acceptors (Lipinski definition) is 2. The third-order valence-corrected chi connectivity index (χ3v) is 3.28. The van der Waals surface area contributed by atoms with Crippen molar-refractivity contribution in [3.8, 4) is 0 Å². The summed E-state index contributed by atoms with van der Waals surface area (Å²) in [4.78, 5) is 0. The van der Waals surface area contributed by atoms with Crippen LogP contribution in [0.15, 0.2) is 4.40 Å². The Kier molecular flexibility index (Phi) is 3.31. The highest BCUT2D eigenvalue weighted by atomic mass is 32.2. The highest BCUT2D eigenvalue weighted by Gasteiger charge is 2.28. The molecule has 0 aliphatic carbocycles. The fraction of sp³-hybridized carbons (Fsp3) is 0.889. The molecule has 0 aromatic carbocycles. The van der Waals surface area contributed by atoms with Gasteiger partial charge in [0.1, 0.15) is 0 Å². The van der Waals surface area contributed by atoms with Crippen molar-refractivity contribution < 1.29 is 8.42 Å². The Hall–Kier alpha value is -0.380. The topological polar surface area (TPSA) is 46.5 Å². The molecule has 0 bridgehead atoms. The zero-order chi connectivity index (χ0) is 10.9. The van der Waals surface area contributed by atoms with Crippen molar-refractivity contribution in [1.29, 1.82) is 0 Å². The number of hydrogen-bond donors (Lipinski definition) is 0. The summed E-state index contributed by atoms with van der Waals surface area (Å²) < 4.78 is 25.8. The number of sulfonamides is 1. The van der Waals surface area contributed by atoms with Crippen molar-refractivity contribution >= 4 is 16.2 Å². The molecule has 0 radical (unpaired) electrons. The highest BCUT2D eigenvalue weighted by Crippen LogP contribution is 2.18. The Morgan fingerprint density at radius 1 is 1.00 bits per heavy atom. The first-order valence-electron chi connectivity index (χ1n) is 4.27. The Labute approximate surface area is 81.3 Å². The van der Waals surface area contributed by atoms with Gasteiger partial charge in [-0.3, -0.25) is 0 Å². The van der Waals surface area contributed by atoms with Crippen LogP contribution in [0.5, 0.6) is 0 Å². The van der Waals surface area contributed by atoms with E-state index in [1.807, 2.05) is 20.8 Å². The lowest BCUT2D eigenvalue weighted by molar-refractivity contribution is 0.559. The predicted molar refractivity (Wildman–Crippen MR) is 56.6 cm³/mol. The van der Waals surface area contributed by atoms with Crippen LogP contribution in [-0.2, 0) is 10.0 Å². The van der Waals surface area contributed by atoms with Crippen molar-refractivity contribution in [2.75, 3.05) is 0 Å². The Balaban J connectivity index is 4.85. The summed E-state index contributed by atoms with van der Waals surface area (Å²) in [5, 5.41) is 0. The second kappa shape index (κ2) is 3.40. The van der Waals surface area contributed by atoms with Crippen molar-refractivity contribution in [2.24, 2.45) is 9.81 Å². The van der Waals surface area contributed by atoms with E-state index in [2.05, 4.69) is 4.40 Å². The van der Waals surface area contributed by atoms with Gasteiger partial charge in [-0.25, -0.2) is 8.42 Å². The first kappa shape index (κ1) is 12.6. The quantitative estimate of drug-likeness (QED) is 0.616. The smallest absolute Gasteiger partial charge is 0.204 e. The van der Waals surface area contributed by atoms with Gasteiger partial charge in [0.05, 0.1) is 4.75 Å². The van der Waals surface area contributed by atoms with Gasteiger partial charge < -0.3 is 0 Å². The maximum atomic E-state index is 11.5. The number of nitrogens with zero attached hydrogens (tertiary/aromatic N) is 1. The minimum atomic E-state index is -3.36. The van der Waals surface area contributed by atoms with Crippen LogP contribution in [0.3, 0.4) is 0 Å². The molecule has 0 aromatic heterocycles. The maximum absolute atomic E-state index is 11.5. The molecule has 0 unspecified atom stereocenters. The molecule has 0 saturated heterocycles. The summed E-state index contributed by atoms with van der Waals surface area (Å²) >= 11 is 0.